The standard InChI is InChI=1S/C21H23N3O3/c1-14-5-4-6-16(11-14)20(21(25)27-22)13-17-12-15(2)24(23-17)18-7-9-19(26-3)10-8-18/h4-12,20H,13,22H2,1-3H3. The molecule has 0 aliphatic carbocycles. The van der Waals surface area contributed by atoms with Gasteiger partial charge in [0.05, 0.1) is 24.4 Å². The molecule has 0 aliphatic rings. The summed E-state index contributed by atoms with van der Waals surface area (Å²) in [7, 11) is 1.63. The van der Waals surface area contributed by atoms with Gasteiger partial charge in [-0.05, 0) is 49.7 Å². The summed E-state index contributed by atoms with van der Waals surface area (Å²) in [5.41, 5.74) is 4.62. The van der Waals surface area contributed by atoms with Crippen molar-refractivity contribution in [3.05, 3.63) is 77.1 Å². The molecule has 0 aliphatic heterocycles. The minimum atomic E-state index is -0.506. The van der Waals surface area contributed by atoms with Crippen molar-refractivity contribution < 1.29 is 14.4 Å². The zero-order chi connectivity index (χ0) is 19.4. The highest BCUT2D eigenvalue weighted by Gasteiger charge is 2.24. The maximum atomic E-state index is 12.3. The van der Waals surface area contributed by atoms with Crippen LogP contribution in [0.4, 0.5) is 0 Å². The predicted molar refractivity (Wildman–Crippen MR) is 103 cm³/mol. The molecular weight excluding hydrogens is 342 g/mol. The van der Waals surface area contributed by atoms with Gasteiger partial charge in [0, 0.05) is 12.1 Å². The summed E-state index contributed by atoms with van der Waals surface area (Å²) in [6.45, 7) is 3.96. The zero-order valence-electron chi connectivity index (χ0n) is 15.7. The number of aryl methyl sites for hydroxylation is 2. The molecule has 0 bridgehead atoms. The van der Waals surface area contributed by atoms with Crippen LogP contribution in [0.1, 0.15) is 28.4 Å². The van der Waals surface area contributed by atoms with Gasteiger partial charge in [-0.3, -0.25) is 0 Å². The average Bonchev–Trinajstić information content (AvgIpc) is 3.06. The zero-order valence-corrected chi connectivity index (χ0v) is 15.7. The van der Waals surface area contributed by atoms with E-state index in [1.54, 1.807) is 7.11 Å². The Morgan fingerprint density at radius 2 is 1.89 bits per heavy atom. The lowest BCUT2D eigenvalue weighted by atomic mass is 9.93. The van der Waals surface area contributed by atoms with E-state index in [0.29, 0.717) is 6.42 Å². The highest BCUT2D eigenvalue weighted by molar-refractivity contribution is 5.78. The third kappa shape index (κ3) is 4.17. The molecule has 1 aromatic heterocycles. The molecular formula is C21H23N3O3. The Labute approximate surface area is 158 Å². The first-order valence-corrected chi connectivity index (χ1v) is 8.69. The second-order valence-corrected chi connectivity index (χ2v) is 6.49. The fourth-order valence-electron chi connectivity index (χ4n) is 3.14. The summed E-state index contributed by atoms with van der Waals surface area (Å²) in [5, 5.41) is 4.67. The SMILES string of the molecule is COc1ccc(-n2nc(CC(C(=O)ON)c3cccc(C)c3)cc2C)cc1. The molecule has 6 nitrogen and oxygen atoms in total. The van der Waals surface area contributed by atoms with Gasteiger partial charge in [-0.25, -0.2) is 9.48 Å². The highest BCUT2D eigenvalue weighted by atomic mass is 16.7. The van der Waals surface area contributed by atoms with Gasteiger partial charge in [0.1, 0.15) is 5.75 Å². The van der Waals surface area contributed by atoms with Crippen LogP contribution in [0.5, 0.6) is 5.75 Å². The van der Waals surface area contributed by atoms with Crippen LogP contribution in [0.2, 0.25) is 0 Å². The maximum Gasteiger partial charge on any atom is 0.332 e. The fourth-order valence-corrected chi connectivity index (χ4v) is 3.14. The molecule has 6 heteroatoms. The molecule has 3 rings (SSSR count). The minimum absolute atomic E-state index is 0.406. The van der Waals surface area contributed by atoms with Crippen molar-refractivity contribution in [1.29, 1.82) is 0 Å². The molecule has 0 saturated heterocycles. The lowest BCUT2D eigenvalue weighted by Gasteiger charge is -2.14. The predicted octanol–water partition coefficient (Wildman–Crippen LogP) is 3.24. The van der Waals surface area contributed by atoms with Gasteiger partial charge in [-0.15, -0.1) is 0 Å². The fraction of sp³-hybridized carbons (Fsp3) is 0.238. The summed E-state index contributed by atoms with van der Waals surface area (Å²) in [6, 6.07) is 17.4. The Bertz CT molecular complexity index is 932. The Kier molecular flexibility index (Phi) is 5.57. The molecule has 0 radical (unpaired) electrons. The van der Waals surface area contributed by atoms with Gasteiger partial charge in [0.2, 0.25) is 0 Å². The Morgan fingerprint density at radius 1 is 1.15 bits per heavy atom. The van der Waals surface area contributed by atoms with Gasteiger partial charge in [-0.2, -0.15) is 11.0 Å². The van der Waals surface area contributed by atoms with Crippen molar-refractivity contribution in [3.63, 3.8) is 0 Å². The van der Waals surface area contributed by atoms with Crippen molar-refractivity contribution in [1.82, 2.24) is 9.78 Å². The molecule has 0 spiro atoms. The van der Waals surface area contributed by atoms with Gasteiger partial charge in [-0.1, -0.05) is 29.8 Å². The number of ether oxygens (including phenoxy) is 1. The number of nitrogens with zero attached hydrogens (tertiary/aromatic N) is 2. The van der Waals surface area contributed by atoms with Crippen LogP contribution in [0, 0.1) is 13.8 Å². The van der Waals surface area contributed by atoms with E-state index in [9.17, 15) is 4.79 Å². The third-order valence-electron chi connectivity index (χ3n) is 4.51. The van der Waals surface area contributed by atoms with Crippen LogP contribution in [0.25, 0.3) is 5.69 Å². The smallest absolute Gasteiger partial charge is 0.332 e. The highest BCUT2D eigenvalue weighted by Crippen LogP contribution is 2.24. The molecule has 0 amide bonds. The first-order chi connectivity index (χ1) is 13.0. The van der Waals surface area contributed by atoms with Gasteiger partial charge >= 0.3 is 5.97 Å². The summed E-state index contributed by atoms with van der Waals surface area (Å²) in [6.07, 6.45) is 0.406. The van der Waals surface area contributed by atoms with Crippen LogP contribution in [0.15, 0.2) is 54.6 Å². The third-order valence-corrected chi connectivity index (χ3v) is 4.51. The van der Waals surface area contributed by atoms with Crippen molar-refractivity contribution >= 4 is 5.97 Å². The number of carbonyl (C=O) groups excluding carboxylic acids is 1. The van der Waals surface area contributed by atoms with Crippen LogP contribution in [-0.2, 0) is 16.1 Å². The van der Waals surface area contributed by atoms with E-state index in [2.05, 4.69) is 9.94 Å². The van der Waals surface area contributed by atoms with Crippen LogP contribution < -0.4 is 10.6 Å². The molecule has 1 heterocycles. The molecule has 1 atom stereocenters. The number of hydrogen-bond acceptors (Lipinski definition) is 5. The number of rotatable bonds is 6. The molecule has 0 saturated carbocycles. The lowest BCUT2D eigenvalue weighted by Crippen LogP contribution is -2.21. The van der Waals surface area contributed by atoms with E-state index >= 15 is 0 Å². The summed E-state index contributed by atoms with van der Waals surface area (Å²) >= 11 is 0. The molecule has 0 fully saturated rings. The van der Waals surface area contributed by atoms with E-state index in [0.717, 1.165) is 34.0 Å². The van der Waals surface area contributed by atoms with Crippen LogP contribution in [0.3, 0.4) is 0 Å². The number of hydrogen-bond donors (Lipinski definition) is 1. The van der Waals surface area contributed by atoms with Gasteiger partial charge in [0.25, 0.3) is 0 Å². The molecule has 2 N–H and O–H groups in total. The second-order valence-electron chi connectivity index (χ2n) is 6.49. The monoisotopic (exact) mass is 365 g/mol. The number of carbonyl (C=O) groups is 1. The summed E-state index contributed by atoms with van der Waals surface area (Å²) in [4.78, 5) is 16.8. The van der Waals surface area contributed by atoms with Crippen molar-refractivity contribution in [3.8, 4) is 11.4 Å². The number of benzene rings is 2. The molecule has 140 valence electrons. The van der Waals surface area contributed by atoms with Crippen LogP contribution in [-0.4, -0.2) is 22.9 Å². The average molecular weight is 365 g/mol. The Balaban J connectivity index is 1.89. The van der Waals surface area contributed by atoms with Crippen molar-refractivity contribution in [2.75, 3.05) is 7.11 Å². The lowest BCUT2D eigenvalue weighted by molar-refractivity contribution is -0.146. The molecule has 1 unspecified atom stereocenters. The van der Waals surface area contributed by atoms with Crippen LogP contribution >= 0.6 is 0 Å². The Hall–Kier alpha value is -3.12. The van der Waals surface area contributed by atoms with E-state index in [1.165, 1.54) is 0 Å². The van der Waals surface area contributed by atoms with Crippen molar-refractivity contribution in [2.45, 2.75) is 26.2 Å². The number of nitrogens with two attached hydrogens (primary N) is 1. The van der Waals surface area contributed by atoms with E-state index in [1.807, 2.05) is 73.1 Å². The number of methoxy groups -OCH3 is 1. The first kappa shape index (κ1) is 18.7. The van der Waals surface area contributed by atoms with Crippen molar-refractivity contribution in [2.24, 2.45) is 5.90 Å². The molecule has 2 aromatic carbocycles. The first-order valence-electron chi connectivity index (χ1n) is 8.69. The topological polar surface area (TPSA) is 79.4 Å². The van der Waals surface area contributed by atoms with Gasteiger partial charge < -0.3 is 9.57 Å². The molecule has 3 aromatic rings. The minimum Gasteiger partial charge on any atom is -0.497 e. The normalized spacial score (nSPS) is 11.9. The molecule has 27 heavy (non-hydrogen) atoms. The second kappa shape index (κ2) is 8.05. The summed E-state index contributed by atoms with van der Waals surface area (Å²) in [5.74, 6) is 4.97. The maximum absolute atomic E-state index is 12.3. The van der Waals surface area contributed by atoms with E-state index in [-0.39, 0.29) is 0 Å². The van der Waals surface area contributed by atoms with E-state index in [4.69, 9.17) is 10.6 Å². The summed E-state index contributed by atoms with van der Waals surface area (Å²) < 4.78 is 7.04. The number of aromatic nitrogens is 2. The largest absolute Gasteiger partial charge is 0.497 e. The van der Waals surface area contributed by atoms with Gasteiger partial charge in [0.15, 0.2) is 0 Å². The Morgan fingerprint density at radius 3 is 2.52 bits per heavy atom. The van der Waals surface area contributed by atoms with E-state index < -0.39 is 11.9 Å². The quantitative estimate of drug-likeness (QED) is 0.679.